The quantitative estimate of drug-likeness (QED) is 0.152. The van der Waals surface area contributed by atoms with E-state index in [1.165, 1.54) is 13.5 Å². The highest BCUT2D eigenvalue weighted by Gasteiger charge is 2.33. The molecule has 2 aliphatic heterocycles. The molecular formula is C31H34ClNO6S. The zero-order chi connectivity index (χ0) is 28.4. The molecule has 2 aliphatic rings. The third-order valence-electron chi connectivity index (χ3n) is 7.56. The number of benzene rings is 3. The second kappa shape index (κ2) is 12.3. The average Bonchev–Trinajstić information content (AvgIpc) is 3.39. The largest absolute Gasteiger partial charge is 0.508 e. The number of allylic oxidation sites excluding steroid dienone is 1. The number of aromatic hydroxyl groups is 2. The lowest BCUT2D eigenvalue weighted by atomic mass is 9.86. The predicted molar refractivity (Wildman–Crippen MR) is 158 cm³/mol. The van der Waals surface area contributed by atoms with Crippen LogP contribution in [0.25, 0.3) is 11.1 Å². The zero-order valence-electron chi connectivity index (χ0n) is 23.0. The normalized spacial score (nSPS) is 19.8. The molecule has 0 saturated carbocycles. The van der Waals surface area contributed by atoms with Crippen LogP contribution in [0.3, 0.4) is 0 Å². The smallest absolute Gasteiger partial charge is 0.150 e. The van der Waals surface area contributed by atoms with Gasteiger partial charge >= 0.3 is 0 Å². The van der Waals surface area contributed by atoms with Crippen LogP contribution in [0.15, 0.2) is 59.5 Å². The van der Waals surface area contributed by atoms with E-state index in [1.54, 1.807) is 30.3 Å². The number of ether oxygens (including phenoxy) is 2. The molecule has 0 aliphatic carbocycles. The molecule has 2 N–H and O–H groups in total. The highest BCUT2D eigenvalue weighted by molar-refractivity contribution is 7.94. The third kappa shape index (κ3) is 5.92. The summed E-state index contributed by atoms with van der Waals surface area (Å²) in [6.07, 6.45) is 0.706. The maximum absolute atomic E-state index is 10.6. The van der Waals surface area contributed by atoms with E-state index in [4.69, 9.17) is 30.3 Å². The summed E-state index contributed by atoms with van der Waals surface area (Å²) in [5, 5.41) is 21.4. The molecule has 1 saturated heterocycles. The Morgan fingerprint density at radius 1 is 1.12 bits per heavy atom. The number of halogens is 1. The van der Waals surface area contributed by atoms with E-state index in [1.807, 2.05) is 31.2 Å². The van der Waals surface area contributed by atoms with Crippen molar-refractivity contribution in [2.75, 3.05) is 26.8 Å². The van der Waals surface area contributed by atoms with Crippen molar-refractivity contribution in [1.29, 1.82) is 0 Å². The number of phenols is 2. The first-order chi connectivity index (χ1) is 19.3. The second-order valence-corrected chi connectivity index (χ2v) is 11.5. The lowest BCUT2D eigenvalue weighted by Crippen LogP contribution is -2.35. The number of fused-ring (bicyclic) bond motifs is 1. The van der Waals surface area contributed by atoms with Crippen molar-refractivity contribution in [3.63, 3.8) is 0 Å². The summed E-state index contributed by atoms with van der Waals surface area (Å²) in [5.41, 5.74) is 3.78. The second-order valence-electron chi connectivity index (χ2n) is 10.4. The van der Waals surface area contributed by atoms with Crippen molar-refractivity contribution in [2.24, 2.45) is 5.92 Å². The average molecular weight is 584 g/mol. The SMILES string of the molecule is COOSc1c(O)ccc2c1C(C)=C(c1cc(O)ccc1Cl)C(c1ccc(OCC(C)N3CCC(C)C3)cc1)O2. The summed E-state index contributed by atoms with van der Waals surface area (Å²) in [5.74, 6) is 2.22. The Bertz CT molecular complexity index is 1400. The molecule has 0 spiro atoms. The van der Waals surface area contributed by atoms with Gasteiger partial charge in [-0.25, -0.2) is 4.89 Å². The van der Waals surface area contributed by atoms with Crippen LogP contribution in [0.1, 0.15) is 50.0 Å². The van der Waals surface area contributed by atoms with Crippen molar-refractivity contribution in [3.05, 3.63) is 76.3 Å². The number of phenolic OH excluding ortho intramolecular Hbond substituents is 2. The molecule has 3 aromatic rings. The van der Waals surface area contributed by atoms with Gasteiger partial charge in [-0.05, 0) is 86.3 Å². The number of hydrogen-bond acceptors (Lipinski definition) is 8. The van der Waals surface area contributed by atoms with Gasteiger partial charge in [0.25, 0.3) is 0 Å². The highest BCUT2D eigenvalue weighted by atomic mass is 35.5. The molecule has 40 heavy (non-hydrogen) atoms. The van der Waals surface area contributed by atoms with Gasteiger partial charge in [0.2, 0.25) is 0 Å². The molecule has 2 heterocycles. The summed E-state index contributed by atoms with van der Waals surface area (Å²) in [6.45, 7) is 9.30. The lowest BCUT2D eigenvalue weighted by molar-refractivity contribution is -0.160. The molecular weight excluding hydrogens is 550 g/mol. The Kier molecular flexibility index (Phi) is 8.83. The Morgan fingerprint density at radius 2 is 1.90 bits per heavy atom. The number of rotatable bonds is 9. The molecule has 7 nitrogen and oxygen atoms in total. The minimum absolute atomic E-state index is 0.0303. The van der Waals surface area contributed by atoms with Crippen LogP contribution < -0.4 is 9.47 Å². The number of nitrogens with zero attached hydrogens (tertiary/aromatic N) is 1. The van der Waals surface area contributed by atoms with E-state index in [-0.39, 0.29) is 11.5 Å². The van der Waals surface area contributed by atoms with Crippen molar-refractivity contribution < 1.29 is 28.9 Å². The van der Waals surface area contributed by atoms with Crippen molar-refractivity contribution in [1.82, 2.24) is 4.90 Å². The first-order valence-electron chi connectivity index (χ1n) is 13.3. The molecule has 9 heteroatoms. The van der Waals surface area contributed by atoms with Gasteiger partial charge in [-0.3, -0.25) is 4.90 Å². The van der Waals surface area contributed by atoms with Crippen molar-refractivity contribution >= 4 is 34.8 Å². The molecule has 0 aromatic heterocycles. The molecule has 0 amide bonds. The number of hydrogen-bond donors (Lipinski definition) is 2. The first-order valence-corrected chi connectivity index (χ1v) is 14.5. The van der Waals surface area contributed by atoms with Crippen molar-refractivity contribution in [3.8, 4) is 23.0 Å². The van der Waals surface area contributed by atoms with Crippen LogP contribution in [0.4, 0.5) is 0 Å². The first kappa shape index (κ1) is 28.6. The van der Waals surface area contributed by atoms with Gasteiger partial charge in [0, 0.05) is 34.3 Å². The van der Waals surface area contributed by atoms with E-state index < -0.39 is 6.10 Å². The Hall–Kier alpha value is -2.88. The van der Waals surface area contributed by atoms with E-state index in [0.29, 0.717) is 39.4 Å². The molecule has 0 radical (unpaired) electrons. The summed E-state index contributed by atoms with van der Waals surface area (Å²) in [7, 11) is 1.40. The maximum Gasteiger partial charge on any atom is 0.150 e. The molecule has 3 unspecified atom stereocenters. The van der Waals surface area contributed by atoms with Crippen molar-refractivity contribution in [2.45, 2.75) is 44.2 Å². The Labute approximate surface area is 244 Å². The molecule has 0 bridgehead atoms. The standard InChI is InChI=1S/C31H34ClNO6S/c1-18-13-14-33(16-18)19(2)17-37-23-8-5-21(6-9-23)30-28(24-15-22(34)7-10-25(24)32)20(3)29-27(38-30)12-11-26(35)31(29)40-39-36-4/h5-12,15,18-19,30,34-35H,13-14,16-17H2,1-4H3. The highest BCUT2D eigenvalue weighted by Crippen LogP contribution is 2.52. The lowest BCUT2D eigenvalue weighted by Gasteiger charge is -2.32. The molecule has 3 atom stereocenters. The minimum atomic E-state index is -0.531. The fraction of sp³-hybridized carbons (Fsp3) is 0.355. The van der Waals surface area contributed by atoms with Crippen LogP contribution >= 0.6 is 23.6 Å². The third-order valence-corrected chi connectivity index (χ3v) is 8.68. The topological polar surface area (TPSA) is 80.6 Å². The van der Waals surface area contributed by atoms with Gasteiger partial charge < -0.3 is 19.7 Å². The summed E-state index contributed by atoms with van der Waals surface area (Å²) in [6, 6.07) is 16.4. The van der Waals surface area contributed by atoms with Gasteiger partial charge in [-0.15, -0.1) is 0 Å². The predicted octanol–water partition coefficient (Wildman–Crippen LogP) is 7.51. The summed E-state index contributed by atoms with van der Waals surface area (Å²) >= 11 is 7.56. The fourth-order valence-electron chi connectivity index (χ4n) is 5.40. The monoisotopic (exact) mass is 583 g/mol. The van der Waals surface area contributed by atoms with E-state index >= 15 is 0 Å². The Balaban J connectivity index is 1.48. The minimum Gasteiger partial charge on any atom is -0.508 e. The fourth-order valence-corrected chi connectivity index (χ4v) is 6.25. The molecule has 212 valence electrons. The van der Waals surface area contributed by atoms with Crippen LogP contribution in [0.5, 0.6) is 23.0 Å². The van der Waals surface area contributed by atoms with Gasteiger partial charge in [0.05, 0.1) is 24.0 Å². The number of likely N-dealkylation sites (tertiary alicyclic amines) is 1. The van der Waals surface area contributed by atoms with Crippen LogP contribution in [-0.4, -0.2) is 48.0 Å². The van der Waals surface area contributed by atoms with E-state index in [9.17, 15) is 10.2 Å². The molecule has 1 fully saturated rings. The summed E-state index contributed by atoms with van der Waals surface area (Å²) < 4.78 is 17.8. The van der Waals surface area contributed by atoms with E-state index in [2.05, 4.69) is 18.7 Å². The molecule has 5 rings (SSSR count). The van der Waals surface area contributed by atoms with Gasteiger partial charge in [0.15, 0.2) is 0 Å². The summed E-state index contributed by atoms with van der Waals surface area (Å²) in [4.78, 5) is 7.70. The van der Waals surface area contributed by atoms with Crippen LogP contribution in [-0.2, 0) is 9.22 Å². The molecule has 3 aromatic carbocycles. The van der Waals surface area contributed by atoms with Gasteiger partial charge in [-0.2, -0.15) is 4.33 Å². The van der Waals surface area contributed by atoms with Gasteiger partial charge in [-0.1, -0.05) is 30.7 Å². The van der Waals surface area contributed by atoms with Crippen LogP contribution in [0.2, 0.25) is 5.02 Å². The van der Waals surface area contributed by atoms with Gasteiger partial charge in [0.1, 0.15) is 35.7 Å². The zero-order valence-corrected chi connectivity index (χ0v) is 24.6. The van der Waals surface area contributed by atoms with Crippen LogP contribution in [0, 0.1) is 5.92 Å². The Morgan fingerprint density at radius 3 is 2.60 bits per heavy atom. The van der Waals surface area contributed by atoms with E-state index in [0.717, 1.165) is 53.5 Å². The maximum atomic E-state index is 10.6.